The number of ether oxygens (including phenoxy) is 1. The second-order valence-electron chi connectivity index (χ2n) is 3.27. The Balaban J connectivity index is 3.25. The van der Waals surface area contributed by atoms with Crippen LogP contribution in [0.3, 0.4) is 0 Å². The summed E-state index contributed by atoms with van der Waals surface area (Å²) in [6.45, 7) is 0. The molecular formula is C10H8F3NO3S. The summed E-state index contributed by atoms with van der Waals surface area (Å²) < 4.78 is 65.3. The molecule has 0 aliphatic rings. The minimum Gasteiger partial charge on any atom is -0.497 e. The highest BCUT2D eigenvalue weighted by molar-refractivity contribution is 7.92. The molecule has 1 atom stereocenters. The van der Waals surface area contributed by atoms with Crippen molar-refractivity contribution >= 4 is 9.84 Å². The lowest BCUT2D eigenvalue weighted by Crippen LogP contribution is -2.35. The minimum atomic E-state index is -5.13. The lowest BCUT2D eigenvalue weighted by atomic mass is 10.3. The second kappa shape index (κ2) is 4.86. The lowest BCUT2D eigenvalue weighted by molar-refractivity contribution is -0.120. The Morgan fingerprint density at radius 3 is 2.11 bits per heavy atom. The summed E-state index contributed by atoms with van der Waals surface area (Å²) in [4.78, 5) is -0.577. The Morgan fingerprint density at radius 1 is 1.28 bits per heavy atom. The van der Waals surface area contributed by atoms with Gasteiger partial charge in [0.15, 0.2) is 0 Å². The summed E-state index contributed by atoms with van der Waals surface area (Å²) in [5.41, 5.74) is 0. The first-order valence-electron chi connectivity index (χ1n) is 4.57. The van der Waals surface area contributed by atoms with Crippen molar-refractivity contribution in [2.24, 2.45) is 0 Å². The maximum Gasteiger partial charge on any atom is 0.418 e. The maximum atomic E-state index is 12.4. The fourth-order valence-electron chi connectivity index (χ4n) is 1.22. The molecule has 0 saturated carbocycles. The maximum absolute atomic E-state index is 12.4. The number of hydrogen-bond donors (Lipinski definition) is 0. The van der Waals surface area contributed by atoms with E-state index in [2.05, 4.69) is 0 Å². The van der Waals surface area contributed by atoms with E-state index in [1.807, 2.05) is 0 Å². The molecular weight excluding hydrogens is 271 g/mol. The van der Waals surface area contributed by atoms with Crippen molar-refractivity contribution in [3.05, 3.63) is 24.3 Å². The smallest absolute Gasteiger partial charge is 0.418 e. The van der Waals surface area contributed by atoms with Crippen molar-refractivity contribution in [2.45, 2.75) is 16.3 Å². The van der Waals surface area contributed by atoms with Crippen molar-refractivity contribution in [1.29, 1.82) is 5.26 Å². The zero-order valence-electron chi connectivity index (χ0n) is 9.10. The topological polar surface area (TPSA) is 67.2 Å². The fourth-order valence-corrected chi connectivity index (χ4v) is 2.50. The van der Waals surface area contributed by atoms with Crippen LogP contribution in [0.25, 0.3) is 0 Å². The van der Waals surface area contributed by atoms with Crippen LogP contribution < -0.4 is 4.74 Å². The van der Waals surface area contributed by atoms with Gasteiger partial charge in [-0.2, -0.15) is 18.4 Å². The van der Waals surface area contributed by atoms with Gasteiger partial charge in [-0.3, -0.25) is 0 Å². The summed E-state index contributed by atoms with van der Waals surface area (Å²) in [7, 11) is -3.44. The van der Waals surface area contributed by atoms with E-state index >= 15 is 0 Å². The highest BCUT2D eigenvalue weighted by Gasteiger charge is 2.49. The van der Waals surface area contributed by atoms with Gasteiger partial charge >= 0.3 is 6.18 Å². The number of rotatable bonds is 3. The Hall–Kier alpha value is -1.75. The zero-order chi connectivity index (χ0) is 14.0. The van der Waals surface area contributed by atoms with Gasteiger partial charge in [0.25, 0.3) is 0 Å². The van der Waals surface area contributed by atoms with E-state index in [0.717, 1.165) is 18.2 Å². The van der Waals surface area contributed by atoms with Gasteiger partial charge in [0, 0.05) is 0 Å². The molecule has 0 bridgehead atoms. The van der Waals surface area contributed by atoms with Gasteiger partial charge in [-0.15, -0.1) is 0 Å². The molecule has 0 spiro atoms. The Bertz CT molecular complexity index is 558. The molecule has 0 heterocycles. The molecule has 0 amide bonds. The van der Waals surface area contributed by atoms with Crippen molar-refractivity contribution in [3.8, 4) is 11.8 Å². The normalized spacial score (nSPS) is 13.7. The van der Waals surface area contributed by atoms with Crippen molar-refractivity contribution in [3.63, 3.8) is 0 Å². The van der Waals surface area contributed by atoms with Crippen LogP contribution in [-0.4, -0.2) is 27.0 Å². The van der Waals surface area contributed by atoms with Gasteiger partial charge < -0.3 is 4.74 Å². The van der Waals surface area contributed by atoms with Crippen LogP contribution in [0.1, 0.15) is 0 Å². The molecule has 0 saturated heterocycles. The van der Waals surface area contributed by atoms with Crippen LogP contribution in [0.5, 0.6) is 5.75 Å². The molecule has 1 unspecified atom stereocenters. The average molecular weight is 279 g/mol. The van der Waals surface area contributed by atoms with Crippen LogP contribution in [-0.2, 0) is 9.84 Å². The summed E-state index contributed by atoms with van der Waals surface area (Å²) in [6.07, 6.45) is -5.13. The number of alkyl halides is 3. The van der Waals surface area contributed by atoms with Crippen molar-refractivity contribution < 1.29 is 26.3 Å². The largest absolute Gasteiger partial charge is 0.497 e. The molecule has 0 fully saturated rings. The molecule has 98 valence electrons. The molecule has 1 aromatic carbocycles. The van der Waals surface area contributed by atoms with Gasteiger partial charge in [-0.1, -0.05) is 0 Å². The summed E-state index contributed by atoms with van der Waals surface area (Å²) in [6, 6.07) is 5.10. The number of sulfone groups is 1. The quantitative estimate of drug-likeness (QED) is 0.847. The second-order valence-corrected chi connectivity index (χ2v) is 5.30. The monoisotopic (exact) mass is 279 g/mol. The first-order chi connectivity index (χ1) is 8.23. The number of hydrogen-bond acceptors (Lipinski definition) is 4. The predicted molar refractivity (Wildman–Crippen MR) is 55.6 cm³/mol. The third kappa shape index (κ3) is 2.73. The van der Waals surface area contributed by atoms with E-state index in [1.54, 1.807) is 0 Å². The summed E-state index contributed by atoms with van der Waals surface area (Å²) >= 11 is 0. The predicted octanol–water partition coefficient (Wildman–Crippen LogP) is 1.92. The number of nitrogens with zero attached hydrogens (tertiary/aromatic N) is 1. The highest BCUT2D eigenvalue weighted by Crippen LogP contribution is 2.30. The van der Waals surface area contributed by atoms with Crippen molar-refractivity contribution in [2.75, 3.05) is 7.11 Å². The Morgan fingerprint density at radius 2 is 1.78 bits per heavy atom. The average Bonchev–Trinajstić information content (AvgIpc) is 2.27. The van der Waals surface area contributed by atoms with E-state index in [9.17, 15) is 21.6 Å². The number of benzene rings is 1. The first kappa shape index (κ1) is 14.3. The molecule has 0 aliphatic carbocycles. The van der Waals surface area contributed by atoms with Gasteiger partial charge in [0.1, 0.15) is 5.75 Å². The zero-order valence-corrected chi connectivity index (χ0v) is 9.92. The van der Waals surface area contributed by atoms with E-state index in [1.165, 1.54) is 19.2 Å². The fraction of sp³-hybridized carbons (Fsp3) is 0.300. The molecule has 0 aliphatic heterocycles. The summed E-state index contributed by atoms with van der Waals surface area (Å²) in [5.74, 6) is 0.300. The third-order valence-corrected chi connectivity index (χ3v) is 4.04. The lowest BCUT2D eigenvalue weighted by Gasteiger charge is -2.14. The van der Waals surface area contributed by atoms with E-state index in [4.69, 9.17) is 10.00 Å². The van der Waals surface area contributed by atoms with E-state index < -0.39 is 26.2 Å². The van der Waals surface area contributed by atoms with Crippen LogP contribution >= 0.6 is 0 Å². The Kier molecular flexibility index (Phi) is 3.86. The SMILES string of the molecule is COc1ccc(S(=O)(=O)C(C#N)C(F)(F)F)cc1. The van der Waals surface area contributed by atoms with Crippen molar-refractivity contribution in [1.82, 2.24) is 0 Å². The van der Waals surface area contributed by atoms with E-state index in [0.29, 0.717) is 5.75 Å². The van der Waals surface area contributed by atoms with Crippen LogP contribution in [0.2, 0.25) is 0 Å². The number of nitriles is 1. The van der Waals surface area contributed by atoms with E-state index in [-0.39, 0.29) is 0 Å². The van der Waals surface area contributed by atoms with Crippen LogP contribution in [0.15, 0.2) is 29.2 Å². The number of halogens is 3. The molecule has 0 radical (unpaired) electrons. The molecule has 1 rings (SSSR count). The van der Waals surface area contributed by atoms with Gasteiger partial charge in [-0.05, 0) is 24.3 Å². The minimum absolute atomic E-state index is 0.300. The first-order valence-corrected chi connectivity index (χ1v) is 6.12. The molecule has 18 heavy (non-hydrogen) atoms. The molecule has 8 heteroatoms. The van der Waals surface area contributed by atoms with Gasteiger partial charge in [0.05, 0.1) is 18.1 Å². The Labute approximate surface area is 102 Å². The highest BCUT2D eigenvalue weighted by atomic mass is 32.2. The van der Waals surface area contributed by atoms with Gasteiger partial charge in [-0.25, -0.2) is 8.42 Å². The van der Waals surface area contributed by atoms with Crippen LogP contribution in [0.4, 0.5) is 13.2 Å². The molecule has 1 aromatic rings. The molecule has 4 nitrogen and oxygen atoms in total. The standard InChI is InChI=1S/C10H8F3NO3S/c1-17-7-2-4-8(5-3-7)18(15,16)9(6-14)10(11,12)13/h2-5,9H,1H3. The third-order valence-electron chi connectivity index (χ3n) is 2.11. The van der Waals surface area contributed by atoms with Gasteiger partial charge in [0.2, 0.25) is 15.1 Å². The number of methoxy groups -OCH3 is 1. The summed E-state index contributed by atoms with van der Waals surface area (Å²) in [5, 5.41) is 5.31. The molecule has 0 aromatic heterocycles. The van der Waals surface area contributed by atoms with Crippen LogP contribution in [0, 0.1) is 11.3 Å². The molecule has 0 N–H and O–H groups in total.